The van der Waals surface area contributed by atoms with Gasteiger partial charge >= 0.3 is 11.7 Å². The lowest BCUT2D eigenvalue weighted by atomic mass is 10.1. The Morgan fingerprint density at radius 2 is 1.71 bits per heavy atom. The van der Waals surface area contributed by atoms with Crippen molar-refractivity contribution in [3.05, 3.63) is 88.3 Å². The van der Waals surface area contributed by atoms with Gasteiger partial charge in [-0.3, -0.25) is 4.79 Å². The SMILES string of the molecule is CO[N+](=O)c1cccc(C)c1C(=O)n1nc(-c2ccc(C(=O)O)cc2)c2ccccc21. The van der Waals surface area contributed by atoms with E-state index in [-0.39, 0.29) is 21.7 Å². The van der Waals surface area contributed by atoms with Gasteiger partial charge in [-0.05, 0) is 30.7 Å². The highest BCUT2D eigenvalue weighted by Crippen LogP contribution is 2.30. The summed E-state index contributed by atoms with van der Waals surface area (Å²) in [5.74, 6) is -1.50. The zero-order valence-corrected chi connectivity index (χ0v) is 16.8. The number of aromatic carboxylic acids is 1. The summed E-state index contributed by atoms with van der Waals surface area (Å²) >= 11 is 0. The maximum Gasteiger partial charge on any atom is 0.335 e. The molecule has 4 aromatic rings. The molecule has 0 aliphatic rings. The lowest BCUT2D eigenvalue weighted by molar-refractivity contribution is -0.736. The number of benzene rings is 3. The van der Waals surface area contributed by atoms with Crippen LogP contribution in [0.15, 0.2) is 66.7 Å². The van der Waals surface area contributed by atoms with Crippen molar-refractivity contribution in [1.29, 1.82) is 0 Å². The van der Waals surface area contributed by atoms with Gasteiger partial charge in [0.15, 0.2) is 7.11 Å². The Morgan fingerprint density at radius 3 is 2.39 bits per heavy atom. The van der Waals surface area contributed by atoms with E-state index in [1.807, 2.05) is 12.1 Å². The predicted octanol–water partition coefficient (Wildman–Crippen LogP) is 4.37. The summed E-state index contributed by atoms with van der Waals surface area (Å²) in [6.07, 6.45) is 0. The van der Waals surface area contributed by atoms with Gasteiger partial charge in [0.25, 0.3) is 10.8 Å². The van der Waals surface area contributed by atoms with E-state index in [2.05, 4.69) is 5.10 Å². The van der Waals surface area contributed by atoms with Crippen molar-refractivity contribution < 1.29 is 24.5 Å². The minimum Gasteiger partial charge on any atom is -0.478 e. The molecule has 8 heteroatoms. The zero-order valence-electron chi connectivity index (χ0n) is 16.8. The summed E-state index contributed by atoms with van der Waals surface area (Å²) in [5.41, 5.74) is 2.78. The highest BCUT2D eigenvalue weighted by molar-refractivity contribution is 6.07. The molecule has 154 valence electrons. The van der Waals surface area contributed by atoms with Gasteiger partial charge in [0.2, 0.25) is 0 Å². The standard InChI is InChI=1S/C23H17N3O5/c1-14-6-5-9-19(26(30)31-2)20(14)22(27)25-18-8-4-3-7-17(18)21(24-25)15-10-12-16(13-11-15)23(28)29/h3-13H,1-2H3/p+1. The lowest BCUT2D eigenvalue weighted by Gasteiger charge is -2.06. The molecule has 4 rings (SSSR count). The van der Waals surface area contributed by atoms with Crippen LogP contribution in [-0.4, -0.2) is 38.8 Å². The van der Waals surface area contributed by atoms with E-state index in [0.29, 0.717) is 22.3 Å². The zero-order chi connectivity index (χ0) is 22.1. The summed E-state index contributed by atoms with van der Waals surface area (Å²) in [5, 5.41) is 14.4. The number of hydrogen-bond donors (Lipinski definition) is 1. The maximum absolute atomic E-state index is 13.5. The molecular weight excluding hydrogens is 398 g/mol. The van der Waals surface area contributed by atoms with E-state index in [9.17, 15) is 14.5 Å². The van der Waals surface area contributed by atoms with Gasteiger partial charge < -0.3 is 5.11 Å². The first-order valence-electron chi connectivity index (χ1n) is 9.39. The summed E-state index contributed by atoms with van der Waals surface area (Å²) in [6, 6.07) is 18.4. The molecule has 8 nitrogen and oxygen atoms in total. The van der Waals surface area contributed by atoms with Gasteiger partial charge in [0.05, 0.1) is 16.0 Å². The molecule has 0 saturated heterocycles. The summed E-state index contributed by atoms with van der Waals surface area (Å²) < 4.78 is 1.26. The third-order valence-electron chi connectivity index (χ3n) is 5.01. The highest BCUT2D eigenvalue weighted by atomic mass is 16.8. The minimum atomic E-state index is -1.02. The van der Waals surface area contributed by atoms with E-state index in [1.54, 1.807) is 43.3 Å². The van der Waals surface area contributed by atoms with Crippen LogP contribution in [0, 0.1) is 11.8 Å². The van der Waals surface area contributed by atoms with Gasteiger partial charge in [-0.25, -0.2) is 9.63 Å². The molecule has 3 aromatic carbocycles. The van der Waals surface area contributed by atoms with E-state index >= 15 is 0 Å². The fourth-order valence-electron chi connectivity index (χ4n) is 3.49. The fourth-order valence-corrected chi connectivity index (χ4v) is 3.49. The predicted molar refractivity (Wildman–Crippen MR) is 113 cm³/mol. The van der Waals surface area contributed by atoms with Crippen molar-refractivity contribution in [3.63, 3.8) is 0 Å². The monoisotopic (exact) mass is 416 g/mol. The number of aryl methyl sites for hydroxylation is 1. The quantitative estimate of drug-likeness (QED) is 0.485. The molecule has 1 heterocycles. The van der Waals surface area contributed by atoms with Gasteiger partial charge in [0, 0.05) is 17.0 Å². The first-order valence-corrected chi connectivity index (χ1v) is 9.39. The van der Waals surface area contributed by atoms with Crippen LogP contribution in [0.4, 0.5) is 5.69 Å². The molecule has 0 bridgehead atoms. The number of aromatic nitrogens is 2. The van der Waals surface area contributed by atoms with Crippen molar-refractivity contribution in [2.45, 2.75) is 6.92 Å². The van der Waals surface area contributed by atoms with Crippen LogP contribution in [-0.2, 0) is 4.84 Å². The van der Waals surface area contributed by atoms with E-state index < -0.39 is 11.9 Å². The van der Waals surface area contributed by atoms with Gasteiger partial charge in [-0.15, -0.1) is 0 Å². The molecule has 0 aliphatic carbocycles. The summed E-state index contributed by atoms with van der Waals surface area (Å²) in [4.78, 5) is 41.9. The second-order valence-corrected chi connectivity index (χ2v) is 6.87. The topological polar surface area (TPSA) is 102 Å². The van der Waals surface area contributed by atoms with E-state index in [1.165, 1.54) is 30.0 Å². The minimum absolute atomic E-state index is 0.0828. The van der Waals surface area contributed by atoms with Crippen LogP contribution in [0.2, 0.25) is 0 Å². The lowest BCUT2D eigenvalue weighted by Crippen LogP contribution is -2.17. The number of para-hydroxylation sites is 1. The summed E-state index contributed by atoms with van der Waals surface area (Å²) in [7, 11) is 1.23. The largest absolute Gasteiger partial charge is 0.478 e. The molecule has 0 aliphatic heterocycles. The Balaban J connectivity index is 1.90. The Labute approximate surface area is 176 Å². The molecule has 0 saturated carbocycles. The van der Waals surface area contributed by atoms with Crippen LogP contribution in [0.25, 0.3) is 22.2 Å². The molecule has 0 atom stereocenters. The first-order chi connectivity index (χ1) is 14.9. The second kappa shape index (κ2) is 7.83. The van der Waals surface area contributed by atoms with E-state index in [0.717, 1.165) is 5.39 Å². The molecule has 31 heavy (non-hydrogen) atoms. The number of carboxylic acids is 1. The van der Waals surface area contributed by atoms with Crippen LogP contribution in [0.3, 0.4) is 0 Å². The fraction of sp³-hybridized carbons (Fsp3) is 0.0870. The number of carbonyl (C=O) groups is 2. The number of rotatable bonds is 5. The Kier molecular flexibility index (Phi) is 5.04. The first kappa shape index (κ1) is 20.0. The smallest absolute Gasteiger partial charge is 0.335 e. The van der Waals surface area contributed by atoms with Gasteiger partial charge in [-0.2, -0.15) is 9.78 Å². The number of nitrogens with zero attached hydrogens (tertiary/aromatic N) is 3. The number of fused-ring (bicyclic) bond motifs is 1. The normalized spacial score (nSPS) is 10.8. The van der Waals surface area contributed by atoms with Gasteiger partial charge in [-0.1, -0.05) is 42.5 Å². The third kappa shape index (κ3) is 3.44. The molecule has 0 unspecified atom stereocenters. The van der Waals surface area contributed by atoms with Crippen molar-refractivity contribution in [1.82, 2.24) is 9.78 Å². The van der Waals surface area contributed by atoms with Gasteiger partial charge in [0.1, 0.15) is 11.3 Å². The highest BCUT2D eigenvalue weighted by Gasteiger charge is 2.30. The average Bonchev–Trinajstić information content (AvgIpc) is 3.17. The molecule has 0 spiro atoms. The van der Waals surface area contributed by atoms with Crippen molar-refractivity contribution in [2.75, 3.05) is 7.11 Å². The molecule has 1 aromatic heterocycles. The third-order valence-corrected chi connectivity index (χ3v) is 5.01. The Hall–Kier alpha value is -4.33. The molecule has 0 amide bonds. The van der Waals surface area contributed by atoms with Crippen molar-refractivity contribution >= 4 is 28.5 Å². The molecule has 0 fully saturated rings. The van der Waals surface area contributed by atoms with Crippen LogP contribution < -0.4 is 0 Å². The molecule has 0 radical (unpaired) electrons. The van der Waals surface area contributed by atoms with Crippen molar-refractivity contribution in [3.8, 4) is 11.3 Å². The van der Waals surface area contributed by atoms with Crippen molar-refractivity contribution in [2.24, 2.45) is 0 Å². The van der Waals surface area contributed by atoms with Crippen LogP contribution in [0.1, 0.15) is 26.3 Å². The summed E-state index contributed by atoms with van der Waals surface area (Å²) in [6.45, 7) is 1.73. The molecule has 1 N–H and O–H groups in total. The number of carbonyl (C=O) groups excluding carboxylic acids is 1. The van der Waals surface area contributed by atoms with Crippen LogP contribution in [0.5, 0.6) is 0 Å². The Bertz CT molecular complexity index is 1340. The maximum atomic E-state index is 13.5. The van der Waals surface area contributed by atoms with E-state index in [4.69, 9.17) is 9.94 Å². The van der Waals surface area contributed by atoms with Crippen LogP contribution >= 0.6 is 0 Å². The second-order valence-electron chi connectivity index (χ2n) is 6.87. The number of hydrogen-bond acceptors (Lipinski definition) is 5. The average molecular weight is 416 g/mol. The molecular formula is C23H18N3O5+. The number of carboxylic acid groups (broad SMARTS) is 1. The Morgan fingerprint density at radius 1 is 1.00 bits per heavy atom.